The van der Waals surface area contributed by atoms with Crippen LogP contribution < -0.4 is 4.72 Å². The molecule has 2 aliphatic rings. The number of amides is 1. The first-order valence-electron chi connectivity index (χ1n) is 11.2. The fraction of sp³-hybridized carbons (Fsp3) is 0.458. The van der Waals surface area contributed by atoms with Gasteiger partial charge in [0.2, 0.25) is 0 Å². The summed E-state index contributed by atoms with van der Waals surface area (Å²) in [6.07, 6.45) is 2.54. The number of carbonyl (C=O) groups excluding carboxylic acids is 1. The van der Waals surface area contributed by atoms with Crippen molar-refractivity contribution < 1.29 is 17.9 Å². The van der Waals surface area contributed by atoms with Gasteiger partial charge in [-0.3, -0.25) is 14.4 Å². The number of nitrogens with one attached hydrogen (secondary N) is 1. The van der Waals surface area contributed by atoms with Crippen molar-refractivity contribution in [3.8, 4) is 0 Å². The van der Waals surface area contributed by atoms with Gasteiger partial charge in [0.1, 0.15) is 0 Å². The van der Waals surface area contributed by atoms with Gasteiger partial charge in [0.05, 0.1) is 16.7 Å². The highest BCUT2D eigenvalue weighted by Gasteiger charge is 2.27. The summed E-state index contributed by atoms with van der Waals surface area (Å²) in [6.45, 7) is 8.31. The number of sulfonamides is 1. The molecule has 0 bridgehead atoms. The lowest BCUT2D eigenvalue weighted by molar-refractivity contribution is 0.0432. The van der Waals surface area contributed by atoms with Crippen LogP contribution in [0.25, 0.3) is 0 Å². The van der Waals surface area contributed by atoms with Gasteiger partial charge in [-0.1, -0.05) is 24.3 Å². The molecule has 7 nitrogen and oxygen atoms in total. The number of ether oxygens (including phenoxy) is 1. The van der Waals surface area contributed by atoms with E-state index in [1.165, 1.54) is 6.07 Å². The lowest BCUT2D eigenvalue weighted by atomic mass is 10.1. The second-order valence-electron chi connectivity index (χ2n) is 8.62. The molecule has 0 spiro atoms. The molecule has 2 fully saturated rings. The zero-order valence-electron chi connectivity index (χ0n) is 18.7. The van der Waals surface area contributed by atoms with Crippen molar-refractivity contribution in [3.63, 3.8) is 0 Å². The van der Waals surface area contributed by atoms with E-state index in [0.717, 1.165) is 50.2 Å². The number of piperazine rings is 1. The molecule has 1 unspecified atom stereocenters. The molecule has 2 saturated heterocycles. The molecule has 0 saturated carbocycles. The van der Waals surface area contributed by atoms with Crippen LogP contribution in [0.5, 0.6) is 0 Å². The van der Waals surface area contributed by atoms with Gasteiger partial charge in [0.15, 0.2) is 0 Å². The zero-order valence-corrected chi connectivity index (χ0v) is 19.5. The van der Waals surface area contributed by atoms with Gasteiger partial charge in [-0.2, -0.15) is 0 Å². The van der Waals surface area contributed by atoms with Crippen LogP contribution in [-0.4, -0.2) is 69.6 Å². The van der Waals surface area contributed by atoms with Gasteiger partial charge in [-0.25, -0.2) is 8.42 Å². The molecule has 0 aliphatic carbocycles. The average Bonchev–Trinajstić information content (AvgIpc) is 3.28. The van der Waals surface area contributed by atoms with E-state index in [9.17, 15) is 13.2 Å². The fourth-order valence-corrected chi connectivity index (χ4v) is 5.43. The summed E-state index contributed by atoms with van der Waals surface area (Å²) in [5.74, 6) is -0.118. The Morgan fingerprint density at radius 3 is 2.50 bits per heavy atom. The van der Waals surface area contributed by atoms with Crippen LogP contribution in [0, 0.1) is 13.8 Å². The Kier molecular flexibility index (Phi) is 6.83. The molecule has 1 amide bonds. The lowest BCUT2D eigenvalue weighted by Crippen LogP contribution is -2.50. The fourth-order valence-electron chi connectivity index (χ4n) is 4.27. The molecule has 4 rings (SSSR count). The van der Waals surface area contributed by atoms with Gasteiger partial charge in [-0.15, -0.1) is 0 Å². The van der Waals surface area contributed by atoms with Gasteiger partial charge in [-0.05, 0) is 56.0 Å². The van der Waals surface area contributed by atoms with Crippen LogP contribution in [0.15, 0.2) is 47.4 Å². The smallest absolute Gasteiger partial charge is 0.261 e. The molecule has 8 heteroatoms. The summed E-state index contributed by atoms with van der Waals surface area (Å²) in [7, 11) is -3.80. The Labute approximate surface area is 190 Å². The number of nitrogens with zero attached hydrogens (tertiary/aromatic N) is 2. The highest BCUT2D eigenvalue weighted by molar-refractivity contribution is 7.92. The van der Waals surface area contributed by atoms with E-state index in [1.807, 2.05) is 30.9 Å². The predicted octanol–water partition coefficient (Wildman–Crippen LogP) is 3.04. The van der Waals surface area contributed by atoms with Crippen molar-refractivity contribution in [2.24, 2.45) is 0 Å². The second-order valence-corrected chi connectivity index (χ2v) is 10.3. The maximum atomic E-state index is 13.2. The molecule has 0 aromatic heterocycles. The number of hydrogen-bond donors (Lipinski definition) is 1. The summed E-state index contributed by atoms with van der Waals surface area (Å²) in [4.78, 5) is 17.5. The number of anilines is 1. The minimum absolute atomic E-state index is 0.0896. The molecule has 2 heterocycles. The number of rotatable bonds is 6. The van der Waals surface area contributed by atoms with Crippen LogP contribution >= 0.6 is 0 Å². The quantitative estimate of drug-likeness (QED) is 0.721. The number of carbonyl (C=O) groups is 1. The topological polar surface area (TPSA) is 79.0 Å². The third kappa shape index (κ3) is 5.14. The Morgan fingerprint density at radius 1 is 1.06 bits per heavy atom. The van der Waals surface area contributed by atoms with E-state index in [0.29, 0.717) is 30.4 Å². The molecule has 172 valence electrons. The monoisotopic (exact) mass is 457 g/mol. The van der Waals surface area contributed by atoms with E-state index in [4.69, 9.17) is 4.74 Å². The first-order chi connectivity index (χ1) is 15.3. The SMILES string of the molecule is Cc1ccccc1NS(=O)(=O)c1ccc(C)c(C(=O)N2CCN(CC3CCCO3)CC2)c1. The maximum absolute atomic E-state index is 13.2. The first-order valence-corrected chi connectivity index (χ1v) is 12.6. The Morgan fingerprint density at radius 2 is 1.81 bits per heavy atom. The number of aryl methyl sites for hydroxylation is 2. The van der Waals surface area contributed by atoms with Crippen molar-refractivity contribution >= 4 is 21.6 Å². The summed E-state index contributed by atoms with van der Waals surface area (Å²) >= 11 is 0. The summed E-state index contributed by atoms with van der Waals surface area (Å²) < 4.78 is 34.3. The minimum atomic E-state index is -3.80. The number of para-hydroxylation sites is 1. The standard InChI is InChI=1S/C24H31N3O4S/c1-18-9-10-21(32(29,30)25-23-8-4-3-6-19(23)2)16-22(18)24(28)27-13-11-26(12-14-27)17-20-7-5-15-31-20/h3-4,6,8-10,16,20,25H,5,7,11-15,17H2,1-2H3. The van der Waals surface area contributed by atoms with Gasteiger partial charge >= 0.3 is 0 Å². The van der Waals surface area contributed by atoms with Crippen molar-refractivity contribution in [2.45, 2.75) is 37.7 Å². The van der Waals surface area contributed by atoms with E-state index >= 15 is 0 Å². The second kappa shape index (κ2) is 9.60. The molecular formula is C24H31N3O4S. The van der Waals surface area contributed by atoms with Gasteiger partial charge in [0, 0.05) is 44.9 Å². The first kappa shape index (κ1) is 22.8. The molecular weight excluding hydrogens is 426 g/mol. The average molecular weight is 458 g/mol. The Balaban J connectivity index is 1.45. The normalized spacial score (nSPS) is 19.8. The van der Waals surface area contributed by atoms with Gasteiger partial charge in [0.25, 0.3) is 15.9 Å². The van der Waals surface area contributed by atoms with Crippen LogP contribution in [-0.2, 0) is 14.8 Å². The van der Waals surface area contributed by atoms with E-state index in [-0.39, 0.29) is 10.8 Å². The Hall–Kier alpha value is -2.42. The summed E-state index contributed by atoms with van der Waals surface area (Å²) in [5, 5.41) is 0. The molecule has 32 heavy (non-hydrogen) atoms. The van der Waals surface area contributed by atoms with Crippen molar-refractivity contribution in [1.29, 1.82) is 0 Å². The lowest BCUT2D eigenvalue weighted by Gasteiger charge is -2.36. The van der Waals surface area contributed by atoms with Crippen LogP contribution in [0.2, 0.25) is 0 Å². The molecule has 0 radical (unpaired) electrons. The van der Waals surface area contributed by atoms with Gasteiger partial charge < -0.3 is 9.64 Å². The van der Waals surface area contributed by atoms with Crippen molar-refractivity contribution in [1.82, 2.24) is 9.80 Å². The minimum Gasteiger partial charge on any atom is -0.377 e. The highest BCUT2D eigenvalue weighted by Crippen LogP contribution is 2.23. The molecule has 1 N–H and O–H groups in total. The molecule has 2 aromatic rings. The van der Waals surface area contributed by atoms with E-state index in [1.54, 1.807) is 24.3 Å². The third-order valence-electron chi connectivity index (χ3n) is 6.28. The van der Waals surface area contributed by atoms with Crippen LogP contribution in [0.1, 0.15) is 34.3 Å². The molecule has 1 atom stereocenters. The van der Waals surface area contributed by atoms with E-state index in [2.05, 4.69) is 9.62 Å². The number of benzene rings is 2. The third-order valence-corrected chi connectivity index (χ3v) is 7.65. The van der Waals surface area contributed by atoms with E-state index < -0.39 is 10.0 Å². The van der Waals surface area contributed by atoms with Crippen LogP contribution in [0.4, 0.5) is 5.69 Å². The largest absolute Gasteiger partial charge is 0.377 e. The van der Waals surface area contributed by atoms with Crippen molar-refractivity contribution in [2.75, 3.05) is 44.1 Å². The highest BCUT2D eigenvalue weighted by atomic mass is 32.2. The maximum Gasteiger partial charge on any atom is 0.261 e. The molecule has 2 aliphatic heterocycles. The van der Waals surface area contributed by atoms with Crippen LogP contribution in [0.3, 0.4) is 0 Å². The Bertz CT molecular complexity index is 1070. The zero-order chi connectivity index (χ0) is 22.7. The number of hydrogen-bond acceptors (Lipinski definition) is 5. The molecule has 2 aromatic carbocycles. The summed E-state index contributed by atoms with van der Waals surface area (Å²) in [5.41, 5.74) is 2.57. The van der Waals surface area contributed by atoms with Crippen molar-refractivity contribution in [3.05, 3.63) is 59.2 Å². The summed E-state index contributed by atoms with van der Waals surface area (Å²) in [6, 6.07) is 12.0. The predicted molar refractivity (Wildman–Crippen MR) is 124 cm³/mol.